The van der Waals surface area contributed by atoms with E-state index in [0.717, 1.165) is 37.1 Å². The normalized spacial score (nSPS) is 23.4. The van der Waals surface area contributed by atoms with Gasteiger partial charge in [0, 0.05) is 30.2 Å². The van der Waals surface area contributed by atoms with Crippen LogP contribution in [-0.2, 0) is 15.8 Å². The van der Waals surface area contributed by atoms with Gasteiger partial charge in [0.1, 0.15) is 17.4 Å². The average Bonchev–Trinajstić information content (AvgIpc) is 3.71. The van der Waals surface area contributed by atoms with Crippen molar-refractivity contribution in [1.82, 2.24) is 34.5 Å². The number of fused-ring (bicyclic) bond motifs is 2. The van der Waals surface area contributed by atoms with Gasteiger partial charge in [0.15, 0.2) is 0 Å². The molecule has 1 saturated carbocycles. The fourth-order valence-electron chi connectivity index (χ4n) is 8.64. The van der Waals surface area contributed by atoms with E-state index in [0.29, 0.717) is 35.4 Å². The lowest BCUT2D eigenvalue weighted by Crippen LogP contribution is -2.49. The van der Waals surface area contributed by atoms with E-state index in [1.54, 1.807) is 36.4 Å². The second kappa shape index (κ2) is 14.2. The number of nitrogens with one attached hydrogen (secondary N) is 3. The number of imidazole rings is 1. The summed E-state index contributed by atoms with van der Waals surface area (Å²) < 4.78 is 74.8. The Balaban J connectivity index is 0.880. The molecule has 5 aromatic rings. The Labute approximate surface area is 316 Å². The van der Waals surface area contributed by atoms with Crippen LogP contribution in [0.15, 0.2) is 59.5 Å². The topological polar surface area (TPSA) is 147 Å². The van der Waals surface area contributed by atoms with E-state index in [1.165, 1.54) is 17.6 Å². The zero-order chi connectivity index (χ0) is 39.5. The third-order valence-corrected chi connectivity index (χ3v) is 11.3. The van der Waals surface area contributed by atoms with Crippen molar-refractivity contribution in [3.05, 3.63) is 87.7 Å². The number of anilines is 1. The molecule has 0 bridgehead atoms. The van der Waals surface area contributed by atoms with Gasteiger partial charge in [-0.1, -0.05) is 12.1 Å². The summed E-state index contributed by atoms with van der Waals surface area (Å²) in [6.07, 6.45) is 0.856. The number of halogens is 5. The van der Waals surface area contributed by atoms with Gasteiger partial charge in [-0.15, -0.1) is 0 Å². The van der Waals surface area contributed by atoms with Gasteiger partial charge in [0.2, 0.25) is 11.8 Å². The number of aromatic nitrogens is 5. The van der Waals surface area contributed by atoms with Gasteiger partial charge in [0.25, 0.3) is 11.8 Å². The van der Waals surface area contributed by atoms with Crippen molar-refractivity contribution in [3.8, 4) is 0 Å². The van der Waals surface area contributed by atoms with Crippen LogP contribution in [0.2, 0.25) is 0 Å². The van der Waals surface area contributed by atoms with E-state index >= 15 is 8.78 Å². The van der Waals surface area contributed by atoms with E-state index in [4.69, 9.17) is 5.10 Å². The lowest BCUT2D eigenvalue weighted by atomic mass is 9.83. The van der Waals surface area contributed by atoms with E-state index in [1.807, 2.05) is 15.8 Å². The predicted octanol–water partition coefficient (Wildman–Crippen LogP) is 6.49. The predicted molar refractivity (Wildman–Crippen MR) is 195 cm³/mol. The number of aryl methyl sites for hydroxylation is 1. The molecule has 2 atom stereocenters. The van der Waals surface area contributed by atoms with E-state index < -0.39 is 59.7 Å². The molecule has 1 unspecified atom stereocenters. The van der Waals surface area contributed by atoms with Crippen molar-refractivity contribution < 1.29 is 36.3 Å². The van der Waals surface area contributed by atoms with Crippen LogP contribution in [0.25, 0.3) is 21.9 Å². The number of benzene rings is 2. The number of carbonyl (C=O) groups excluding carboxylic acids is 3. The molecule has 0 spiro atoms. The van der Waals surface area contributed by atoms with Gasteiger partial charge >= 0.3 is 11.9 Å². The Hall–Kier alpha value is -5.45. The minimum atomic E-state index is -4.68. The molecular formula is C39H39F5N8O4. The highest BCUT2D eigenvalue weighted by molar-refractivity contribution is 6.04. The minimum absolute atomic E-state index is 0.0777. The Bertz CT molecular complexity index is 2410. The number of carbonyl (C=O) groups is 3. The Morgan fingerprint density at radius 3 is 2.52 bits per heavy atom. The fourth-order valence-corrected chi connectivity index (χ4v) is 8.64. The van der Waals surface area contributed by atoms with Crippen LogP contribution in [0.3, 0.4) is 0 Å². The average molecular weight is 779 g/mol. The number of pyridine rings is 1. The van der Waals surface area contributed by atoms with Gasteiger partial charge in [-0.3, -0.25) is 33.8 Å². The van der Waals surface area contributed by atoms with Gasteiger partial charge < -0.3 is 10.3 Å². The third-order valence-electron chi connectivity index (χ3n) is 11.3. The first-order chi connectivity index (χ1) is 26.6. The van der Waals surface area contributed by atoms with Crippen LogP contribution in [0.1, 0.15) is 90.3 Å². The first-order valence-corrected chi connectivity index (χ1v) is 18.7. The number of hydrogen-bond donors (Lipinski definition) is 3. The number of imide groups is 1. The summed E-state index contributed by atoms with van der Waals surface area (Å²) in [5.41, 5.74) is 0.256. The quantitative estimate of drug-likeness (QED) is 0.127. The lowest BCUT2D eigenvalue weighted by molar-refractivity contribution is -0.141. The number of amides is 3. The Kier molecular flexibility index (Phi) is 9.53. The molecule has 12 nitrogen and oxygen atoms in total. The van der Waals surface area contributed by atoms with Crippen LogP contribution in [0.4, 0.5) is 27.6 Å². The van der Waals surface area contributed by atoms with Crippen LogP contribution in [0.5, 0.6) is 0 Å². The molecule has 5 heterocycles. The minimum Gasteiger partial charge on any atom is -0.321 e. The molecule has 3 fully saturated rings. The summed E-state index contributed by atoms with van der Waals surface area (Å²) in [7, 11) is 0. The highest BCUT2D eigenvalue weighted by Gasteiger charge is 2.47. The number of aromatic amines is 1. The first-order valence-electron chi connectivity index (χ1n) is 18.7. The standard InChI is InChI=1S/C39H39F5N8O4/c1-21-15-29(46-32(16-21)39(42,43)44)35(54)45-24-7-10-28-23(17-24)19-51(49-28)25-8-5-22(6-9-25)18-50-14-13-27(38(40,41)20-50)26-3-2-4-30-34(26)48-37(56)52(30)31-11-12-33(53)47-36(31)55/h2-4,7,10,15-17,19,22,25,27,31H,5-6,8-9,11-14,18,20H2,1H3,(H,45,54)(H,48,56)(H,47,53,55)/t22?,25?,27-,31?/m0/s1. The molecule has 56 heavy (non-hydrogen) atoms. The molecule has 3 N–H and O–H groups in total. The summed E-state index contributed by atoms with van der Waals surface area (Å²) in [6.45, 7) is 2.04. The smallest absolute Gasteiger partial charge is 0.321 e. The number of H-pyrrole nitrogens is 1. The molecule has 294 valence electrons. The Morgan fingerprint density at radius 1 is 1.00 bits per heavy atom. The van der Waals surface area contributed by atoms with Crippen molar-refractivity contribution in [3.63, 3.8) is 0 Å². The molecule has 2 saturated heterocycles. The first kappa shape index (κ1) is 37.5. The summed E-state index contributed by atoms with van der Waals surface area (Å²) in [6, 6.07) is 11.3. The lowest BCUT2D eigenvalue weighted by Gasteiger charge is -2.41. The van der Waals surface area contributed by atoms with Crippen LogP contribution >= 0.6 is 0 Å². The zero-order valence-electron chi connectivity index (χ0n) is 30.3. The van der Waals surface area contributed by atoms with E-state index in [9.17, 15) is 32.3 Å². The van der Waals surface area contributed by atoms with Crippen LogP contribution < -0.4 is 16.3 Å². The summed E-state index contributed by atoms with van der Waals surface area (Å²) >= 11 is 0. The van der Waals surface area contributed by atoms with Crippen molar-refractivity contribution in [2.24, 2.45) is 5.92 Å². The van der Waals surface area contributed by atoms with Gasteiger partial charge in [-0.25, -0.2) is 18.6 Å². The maximum absolute atomic E-state index is 16.0. The summed E-state index contributed by atoms with van der Waals surface area (Å²) in [5.74, 6) is -5.75. The monoisotopic (exact) mass is 778 g/mol. The highest BCUT2D eigenvalue weighted by atomic mass is 19.4. The molecule has 8 rings (SSSR count). The number of alkyl halides is 5. The van der Waals surface area contributed by atoms with Crippen LogP contribution in [0, 0.1) is 12.8 Å². The van der Waals surface area contributed by atoms with Crippen molar-refractivity contribution in [2.45, 2.75) is 82.0 Å². The number of rotatable bonds is 7. The SMILES string of the molecule is Cc1cc(C(=O)Nc2ccc3nn(C4CCC(CN5CC[C@@H](c6cccc7c6[nH]c(=O)n7C6CCC(=O)NC6=O)C(F)(F)C5)CC4)cc3c2)nc(C(F)(F)F)c1. The second-order valence-electron chi connectivity index (χ2n) is 15.3. The summed E-state index contributed by atoms with van der Waals surface area (Å²) in [4.78, 5) is 58.1. The van der Waals surface area contributed by atoms with Crippen molar-refractivity contribution in [1.29, 1.82) is 0 Å². The third kappa shape index (κ3) is 7.31. The zero-order valence-corrected chi connectivity index (χ0v) is 30.3. The number of likely N-dealkylation sites (tertiary alicyclic amines) is 1. The van der Waals surface area contributed by atoms with Gasteiger partial charge in [-0.05, 0) is 105 Å². The van der Waals surface area contributed by atoms with E-state index in [-0.39, 0.29) is 48.0 Å². The van der Waals surface area contributed by atoms with Crippen molar-refractivity contribution >= 4 is 45.3 Å². The number of hydrogen-bond acceptors (Lipinski definition) is 7. The van der Waals surface area contributed by atoms with Crippen LogP contribution in [-0.4, -0.2) is 72.5 Å². The molecule has 3 aliphatic rings. The largest absolute Gasteiger partial charge is 0.433 e. The molecule has 2 aromatic carbocycles. The molecule has 0 radical (unpaired) electrons. The van der Waals surface area contributed by atoms with E-state index in [2.05, 4.69) is 20.6 Å². The Morgan fingerprint density at radius 2 is 1.79 bits per heavy atom. The number of nitrogens with zero attached hydrogens (tertiary/aromatic N) is 5. The summed E-state index contributed by atoms with van der Waals surface area (Å²) in [5, 5.41) is 10.4. The fraction of sp³-hybridized carbons (Fsp3) is 0.436. The highest BCUT2D eigenvalue weighted by Crippen LogP contribution is 2.43. The molecule has 1 aliphatic carbocycles. The molecule has 3 aromatic heterocycles. The molecular weight excluding hydrogens is 739 g/mol. The van der Waals surface area contributed by atoms with Crippen molar-refractivity contribution in [2.75, 3.05) is 25.0 Å². The second-order valence-corrected chi connectivity index (χ2v) is 15.3. The van der Waals surface area contributed by atoms with Gasteiger partial charge in [0.05, 0.1) is 35.1 Å². The molecule has 17 heteroatoms. The number of para-hydroxylation sites is 1. The maximum Gasteiger partial charge on any atom is 0.433 e. The molecule has 3 amide bonds. The maximum atomic E-state index is 16.0. The molecule has 2 aliphatic heterocycles. The van der Waals surface area contributed by atoms with Gasteiger partial charge in [-0.2, -0.15) is 18.3 Å². The number of piperidine rings is 2.